The summed E-state index contributed by atoms with van der Waals surface area (Å²) in [5.41, 5.74) is 0.473. The van der Waals surface area contributed by atoms with Gasteiger partial charge in [-0.1, -0.05) is 138 Å². The van der Waals surface area contributed by atoms with Crippen LogP contribution in [0.25, 0.3) is 0 Å². The molecule has 0 N–H and O–H groups in total. The summed E-state index contributed by atoms with van der Waals surface area (Å²) >= 11 is 0. The van der Waals surface area contributed by atoms with E-state index in [1.807, 2.05) is 0 Å². The van der Waals surface area contributed by atoms with Crippen LogP contribution in [0.15, 0.2) is 0 Å². The van der Waals surface area contributed by atoms with Crippen molar-refractivity contribution in [2.24, 2.45) is 23.2 Å². The summed E-state index contributed by atoms with van der Waals surface area (Å²) in [4.78, 5) is 0. The zero-order valence-corrected chi connectivity index (χ0v) is 19.8. The first kappa shape index (κ1) is 26.0. The predicted octanol–water partition coefficient (Wildman–Crippen LogP) is 9.81. The topological polar surface area (TPSA) is 0 Å². The van der Waals surface area contributed by atoms with Gasteiger partial charge in [0.1, 0.15) is 0 Å². The fourth-order valence-corrected chi connectivity index (χ4v) is 4.97. The largest absolute Gasteiger partial charge is 0.0654 e. The van der Waals surface area contributed by atoms with Gasteiger partial charge in [-0.3, -0.25) is 0 Å². The third kappa shape index (κ3) is 13.2. The Balaban J connectivity index is 3.94. The van der Waals surface area contributed by atoms with Crippen LogP contribution < -0.4 is 0 Å². The van der Waals surface area contributed by atoms with Gasteiger partial charge >= 0.3 is 0 Å². The van der Waals surface area contributed by atoms with Gasteiger partial charge in [-0.15, -0.1) is 0 Å². The van der Waals surface area contributed by atoms with Gasteiger partial charge in [0.05, 0.1) is 0 Å². The van der Waals surface area contributed by atoms with E-state index in [9.17, 15) is 0 Å². The minimum Gasteiger partial charge on any atom is -0.0654 e. The highest BCUT2D eigenvalue weighted by atomic mass is 14.3. The highest BCUT2D eigenvalue weighted by Crippen LogP contribution is 2.38. The fourth-order valence-electron chi connectivity index (χ4n) is 4.97. The Labute approximate surface area is 168 Å². The lowest BCUT2D eigenvalue weighted by Gasteiger charge is -2.36. The Morgan fingerprint density at radius 2 is 1.00 bits per heavy atom. The van der Waals surface area contributed by atoms with E-state index in [0.29, 0.717) is 5.41 Å². The van der Waals surface area contributed by atoms with E-state index in [-0.39, 0.29) is 0 Å². The van der Waals surface area contributed by atoms with Crippen LogP contribution in [0.1, 0.15) is 145 Å². The van der Waals surface area contributed by atoms with E-state index >= 15 is 0 Å². The van der Waals surface area contributed by atoms with E-state index in [0.717, 1.165) is 17.8 Å². The van der Waals surface area contributed by atoms with Crippen LogP contribution in [0, 0.1) is 23.2 Å². The molecule has 0 aromatic carbocycles. The first-order valence-electron chi connectivity index (χ1n) is 12.4. The maximum absolute atomic E-state index is 2.49. The van der Waals surface area contributed by atoms with Gasteiger partial charge in [0.15, 0.2) is 0 Å². The molecular weight excluding hydrogens is 312 g/mol. The summed E-state index contributed by atoms with van der Waals surface area (Å²) in [7, 11) is 0. The summed E-state index contributed by atoms with van der Waals surface area (Å²) in [5.74, 6) is 2.81. The lowest BCUT2D eigenvalue weighted by atomic mass is 9.70. The van der Waals surface area contributed by atoms with Gasteiger partial charge in [-0.2, -0.15) is 0 Å². The molecule has 158 valence electrons. The van der Waals surface area contributed by atoms with Crippen molar-refractivity contribution in [2.45, 2.75) is 145 Å². The summed E-state index contributed by atoms with van der Waals surface area (Å²) in [6.07, 6.45) is 21.6. The zero-order chi connectivity index (χ0) is 19.8. The third-order valence-corrected chi connectivity index (χ3v) is 6.60. The van der Waals surface area contributed by atoms with Crippen molar-refractivity contribution < 1.29 is 0 Å². The van der Waals surface area contributed by atoms with Crippen molar-refractivity contribution in [1.29, 1.82) is 0 Å². The number of unbranched alkanes of at least 4 members (excludes halogenated alkanes) is 6. The maximum Gasteiger partial charge on any atom is -0.0340 e. The SMILES string of the molecule is CCCCC(CCCC)CCCCCCCC(C(C)CCC)C(C)(C)C. The summed E-state index contributed by atoms with van der Waals surface area (Å²) in [6.45, 7) is 16.9. The molecule has 0 aliphatic rings. The molecule has 0 bridgehead atoms. The third-order valence-electron chi connectivity index (χ3n) is 6.60. The van der Waals surface area contributed by atoms with Gasteiger partial charge in [-0.05, 0) is 29.6 Å². The standard InChI is InChI=1S/C26H54/c1-8-11-19-24(20-12-9-2)21-16-14-13-15-17-22-25(26(5,6)7)23(4)18-10-3/h23-25H,8-22H2,1-7H3. The van der Waals surface area contributed by atoms with Crippen LogP contribution >= 0.6 is 0 Å². The molecule has 0 amide bonds. The first-order valence-corrected chi connectivity index (χ1v) is 12.4. The molecule has 0 aliphatic carbocycles. The van der Waals surface area contributed by atoms with Gasteiger partial charge in [0.2, 0.25) is 0 Å². The van der Waals surface area contributed by atoms with Gasteiger partial charge in [0.25, 0.3) is 0 Å². The monoisotopic (exact) mass is 366 g/mol. The van der Waals surface area contributed by atoms with Gasteiger partial charge in [0, 0.05) is 0 Å². The number of hydrogen-bond donors (Lipinski definition) is 0. The molecule has 0 aromatic rings. The van der Waals surface area contributed by atoms with Crippen molar-refractivity contribution in [3.8, 4) is 0 Å². The molecule has 0 radical (unpaired) electrons. The van der Waals surface area contributed by atoms with E-state index in [1.165, 1.54) is 96.3 Å². The summed E-state index contributed by atoms with van der Waals surface area (Å²) < 4.78 is 0. The van der Waals surface area contributed by atoms with Gasteiger partial charge < -0.3 is 0 Å². The normalized spacial score (nSPS) is 14.8. The Hall–Kier alpha value is 0. The highest BCUT2D eigenvalue weighted by molar-refractivity contribution is 4.78. The van der Waals surface area contributed by atoms with E-state index < -0.39 is 0 Å². The van der Waals surface area contributed by atoms with Crippen LogP contribution in [0.4, 0.5) is 0 Å². The smallest absolute Gasteiger partial charge is 0.0340 e. The molecule has 2 unspecified atom stereocenters. The molecule has 26 heavy (non-hydrogen) atoms. The summed E-state index contributed by atoms with van der Waals surface area (Å²) in [5, 5.41) is 0. The quantitative estimate of drug-likeness (QED) is 0.225. The van der Waals surface area contributed by atoms with Crippen molar-refractivity contribution >= 4 is 0 Å². The van der Waals surface area contributed by atoms with Crippen molar-refractivity contribution in [3.63, 3.8) is 0 Å². The molecule has 0 saturated carbocycles. The van der Waals surface area contributed by atoms with E-state index in [4.69, 9.17) is 0 Å². The molecule has 0 fully saturated rings. The molecule has 0 rings (SSSR count). The van der Waals surface area contributed by atoms with E-state index in [1.54, 1.807) is 0 Å². The summed E-state index contributed by atoms with van der Waals surface area (Å²) in [6, 6.07) is 0. The highest BCUT2D eigenvalue weighted by Gasteiger charge is 2.28. The molecule has 2 atom stereocenters. The van der Waals surface area contributed by atoms with Crippen LogP contribution in [0.3, 0.4) is 0 Å². The molecule has 0 aromatic heterocycles. The zero-order valence-electron chi connectivity index (χ0n) is 19.8. The second-order valence-corrected chi connectivity index (χ2v) is 10.2. The first-order chi connectivity index (χ1) is 12.4. The molecule has 0 spiro atoms. The van der Waals surface area contributed by atoms with E-state index in [2.05, 4.69) is 48.5 Å². The number of hydrogen-bond acceptors (Lipinski definition) is 0. The van der Waals surface area contributed by atoms with Crippen molar-refractivity contribution in [1.82, 2.24) is 0 Å². The predicted molar refractivity (Wildman–Crippen MR) is 122 cm³/mol. The Kier molecular flexibility index (Phi) is 16.0. The minimum atomic E-state index is 0.473. The van der Waals surface area contributed by atoms with Crippen LogP contribution in [-0.4, -0.2) is 0 Å². The Bertz CT molecular complexity index is 277. The molecular formula is C26H54. The maximum atomic E-state index is 2.49. The second-order valence-electron chi connectivity index (χ2n) is 10.2. The van der Waals surface area contributed by atoms with Crippen LogP contribution in [-0.2, 0) is 0 Å². The average Bonchev–Trinajstić information content (AvgIpc) is 2.57. The fraction of sp³-hybridized carbons (Fsp3) is 1.00. The molecule has 0 heteroatoms. The molecule has 0 saturated heterocycles. The minimum absolute atomic E-state index is 0.473. The second kappa shape index (κ2) is 16.0. The average molecular weight is 367 g/mol. The van der Waals surface area contributed by atoms with Crippen LogP contribution in [0.5, 0.6) is 0 Å². The Morgan fingerprint density at radius 3 is 1.46 bits per heavy atom. The molecule has 0 heterocycles. The Morgan fingerprint density at radius 1 is 0.538 bits per heavy atom. The van der Waals surface area contributed by atoms with Gasteiger partial charge in [-0.25, -0.2) is 0 Å². The lowest BCUT2D eigenvalue weighted by Crippen LogP contribution is -2.26. The lowest BCUT2D eigenvalue weighted by molar-refractivity contribution is 0.144. The molecule has 0 aliphatic heterocycles. The molecule has 0 nitrogen and oxygen atoms in total. The van der Waals surface area contributed by atoms with Crippen molar-refractivity contribution in [2.75, 3.05) is 0 Å². The van der Waals surface area contributed by atoms with Crippen LogP contribution in [0.2, 0.25) is 0 Å². The number of rotatable bonds is 17. The van der Waals surface area contributed by atoms with Crippen molar-refractivity contribution in [3.05, 3.63) is 0 Å².